The summed E-state index contributed by atoms with van der Waals surface area (Å²) in [5, 5.41) is 5.64. The number of halogens is 4. The van der Waals surface area contributed by atoms with Crippen LogP contribution in [0.1, 0.15) is 88.9 Å². The number of hydrogen-bond donors (Lipinski definition) is 1. The van der Waals surface area contributed by atoms with Crippen molar-refractivity contribution in [2.45, 2.75) is 105 Å². The third-order valence-corrected chi connectivity index (χ3v) is 10.7. The monoisotopic (exact) mass is 756 g/mol. The fraction of sp³-hybridized carbons (Fsp3) is 0.447. The molecule has 0 bridgehead atoms. The van der Waals surface area contributed by atoms with Crippen LogP contribution in [-0.2, 0) is 56.7 Å². The molecule has 0 saturated carbocycles. The first-order valence-electron chi connectivity index (χ1n) is 17.6. The second-order valence-electron chi connectivity index (χ2n) is 15.0. The summed E-state index contributed by atoms with van der Waals surface area (Å²) in [6, 6.07) is 9.18. The zero-order valence-corrected chi connectivity index (χ0v) is 32.1. The molecule has 284 valence electrons. The van der Waals surface area contributed by atoms with Gasteiger partial charge in [-0.05, 0) is 77.6 Å². The minimum absolute atomic E-state index is 0.129. The predicted molar refractivity (Wildman–Crippen MR) is 195 cm³/mol. The lowest BCUT2D eigenvalue weighted by atomic mass is 9.95. The van der Waals surface area contributed by atoms with Crippen molar-refractivity contribution >= 4 is 24.7 Å². The molecule has 1 aliphatic rings. The van der Waals surface area contributed by atoms with E-state index in [1.807, 2.05) is 22.9 Å². The number of nitrogens with zero attached hydrogens (tertiary/aromatic N) is 5. The van der Waals surface area contributed by atoms with Crippen LogP contribution in [0.3, 0.4) is 0 Å². The first-order valence-corrected chi connectivity index (χ1v) is 19.1. The molecule has 53 heavy (non-hydrogen) atoms. The first-order chi connectivity index (χ1) is 24.8. The Morgan fingerprint density at radius 1 is 0.925 bits per heavy atom. The van der Waals surface area contributed by atoms with Gasteiger partial charge >= 0.3 is 14.0 Å². The van der Waals surface area contributed by atoms with Crippen LogP contribution in [0.5, 0.6) is 0 Å². The number of benzene rings is 2. The minimum atomic E-state index is -4.57. The molecule has 6 rings (SSSR count). The molecule has 0 saturated heterocycles. The molecule has 3 aromatic heterocycles. The molecule has 15 heteroatoms. The standard InChI is InChI=1S/C38H45F4N6O4P/c1-9-23-12-11-13-24(10-2)33(23)48-34(28-21-47(17-15-30(28)46-48)35-44-19-26(20-45-35)38(40,41)42)31-27-14-16-43-32(27)25(18-29(31)39)22-50-53(49,51-36(3,4)5)52-37(6,7)8/h11-14,16,18-20,43H,9-10,15,17,21-22H2,1-8H3. The molecule has 0 fully saturated rings. The molecule has 10 nitrogen and oxygen atoms in total. The smallest absolute Gasteiger partial charge is 0.361 e. The quantitative estimate of drug-likeness (QED) is 0.111. The third-order valence-electron chi connectivity index (χ3n) is 8.72. The molecule has 2 aromatic carbocycles. The van der Waals surface area contributed by atoms with Gasteiger partial charge in [-0.3, -0.25) is 13.6 Å². The molecule has 1 N–H and O–H groups in total. The summed E-state index contributed by atoms with van der Waals surface area (Å²) >= 11 is 0. The summed E-state index contributed by atoms with van der Waals surface area (Å²) in [5.41, 5.74) is 3.43. The van der Waals surface area contributed by atoms with Gasteiger partial charge in [-0.25, -0.2) is 23.6 Å². The number of aromatic nitrogens is 5. The van der Waals surface area contributed by atoms with Gasteiger partial charge in [0, 0.05) is 60.2 Å². The number of fused-ring (bicyclic) bond motifs is 2. The van der Waals surface area contributed by atoms with Crippen LogP contribution in [-0.4, -0.2) is 42.5 Å². The van der Waals surface area contributed by atoms with Crippen molar-refractivity contribution in [3.8, 4) is 16.9 Å². The summed E-state index contributed by atoms with van der Waals surface area (Å²) in [6.45, 7) is 14.8. The van der Waals surface area contributed by atoms with E-state index >= 15 is 4.39 Å². The topological polar surface area (TPSA) is 107 Å². The van der Waals surface area contributed by atoms with Gasteiger partial charge in [-0.1, -0.05) is 32.0 Å². The predicted octanol–water partition coefficient (Wildman–Crippen LogP) is 9.91. The average Bonchev–Trinajstić information content (AvgIpc) is 3.70. The summed E-state index contributed by atoms with van der Waals surface area (Å²) in [5.74, 6) is -0.442. The molecule has 0 aliphatic carbocycles. The molecule has 4 heterocycles. The number of aromatic amines is 1. The van der Waals surface area contributed by atoms with E-state index in [-0.39, 0.29) is 24.7 Å². The summed E-state index contributed by atoms with van der Waals surface area (Å²) in [4.78, 5) is 13.1. The van der Waals surface area contributed by atoms with E-state index in [2.05, 4.69) is 28.8 Å². The average molecular weight is 757 g/mol. The fourth-order valence-electron chi connectivity index (χ4n) is 6.60. The van der Waals surface area contributed by atoms with Crippen LogP contribution in [0.15, 0.2) is 48.9 Å². The van der Waals surface area contributed by atoms with Gasteiger partial charge in [-0.2, -0.15) is 18.3 Å². The highest BCUT2D eigenvalue weighted by molar-refractivity contribution is 7.48. The zero-order valence-electron chi connectivity index (χ0n) is 31.2. The highest BCUT2D eigenvalue weighted by Gasteiger charge is 2.38. The number of H-pyrrole nitrogens is 1. The van der Waals surface area contributed by atoms with Crippen molar-refractivity contribution in [2.75, 3.05) is 11.4 Å². The lowest BCUT2D eigenvalue weighted by Crippen LogP contribution is -2.31. The van der Waals surface area contributed by atoms with Gasteiger partial charge in [0.1, 0.15) is 5.82 Å². The Kier molecular flexibility index (Phi) is 10.4. The first kappa shape index (κ1) is 38.6. The molecule has 5 aromatic rings. The van der Waals surface area contributed by atoms with E-state index in [0.717, 1.165) is 34.9 Å². The van der Waals surface area contributed by atoms with E-state index < -0.39 is 36.6 Å². The maximum Gasteiger partial charge on any atom is 0.476 e. The van der Waals surface area contributed by atoms with Gasteiger partial charge < -0.3 is 9.88 Å². The third kappa shape index (κ3) is 8.21. The second kappa shape index (κ2) is 14.3. The molecule has 0 radical (unpaired) electrons. The number of para-hydroxylation sites is 1. The highest BCUT2D eigenvalue weighted by atomic mass is 31.2. The van der Waals surface area contributed by atoms with Gasteiger partial charge in [0.2, 0.25) is 5.95 Å². The Balaban J connectivity index is 1.50. The van der Waals surface area contributed by atoms with Crippen LogP contribution in [0, 0.1) is 5.82 Å². The number of alkyl halides is 3. The maximum atomic E-state index is 17.0. The Hall–Kier alpha value is -4.10. The van der Waals surface area contributed by atoms with Gasteiger partial charge in [0.25, 0.3) is 0 Å². The van der Waals surface area contributed by atoms with Crippen LogP contribution in [0.2, 0.25) is 0 Å². The van der Waals surface area contributed by atoms with E-state index in [0.29, 0.717) is 53.5 Å². The van der Waals surface area contributed by atoms with Crippen LogP contribution < -0.4 is 4.90 Å². The molecule has 0 amide bonds. The molecular weight excluding hydrogens is 711 g/mol. The van der Waals surface area contributed by atoms with Crippen molar-refractivity contribution in [1.29, 1.82) is 0 Å². The van der Waals surface area contributed by atoms with E-state index in [9.17, 15) is 17.7 Å². The van der Waals surface area contributed by atoms with Gasteiger partial charge in [0.15, 0.2) is 0 Å². The molecule has 0 unspecified atom stereocenters. The Bertz CT molecular complexity index is 2120. The van der Waals surface area contributed by atoms with Crippen molar-refractivity contribution in [3.63, 3.8) is 0 Å². The zero-order chi connectivity index (χ0) is 38.5. The van der Waals surface area contributed by atoms with Crippen LogP contribution in [0.4, 0.5) is 23.5 Å². The van der Waals surface area contributed by atoms with Crippen molar-refractivity contribution < 1.29 is 35.7 Å². The lowest BCUT2D eigenvalue weighted by Gasteiger charge is -2.31. The normalized spacial score (nSPS) is 14.3. The van der Waals surface area contributed by atoms with Gasteiger partial charge in [0.05, 0.1) is 46.0 Å². The lowest BCUT2D eigenvalue weighted by molar-refractivity contribution is -0.138. The molecule has 1 aliphatic heterocycles. The number of anilines is 1. The number of phosphoric ester groups is 1. The SMILES string of the molecule is CCc1cccc(CC)c1-n1nc2c(c1-c1c(F)cc(COP(=O)(OC(C)(C)C)OC(C)(C)C)c3[nH]ccc13)CN(c1ncc(C(F)(F)F)cn1)CC2. The van der Waals surface area contributed by atoms with E-state index in [1.54, 1.807) is 58.7 Å². The Labute approximate surface area is 306 Å². The highest BCUT2D eigenvalue weighted by Crippen LogP contribution is 2.56. The number of hydrogen-bond acceptors (Lipinski definition) is 8. The van der Waals surface area contributed by atoms with Crippen LogP contribution in [0.25, 0.3) is 27.8 Å². The van der Waals surface area contributed by atoms with Crippen molar-refractivity contribution in [3.05, 3.63) is 88.3 Å². The molecule has 0 spiro atoms. The number of aryl methyl sites for hydroxylation is 2. The van der Waals surface area contributed by atoms with Crippen LogP contribution >= 0.6 is 7.82 Å². The molecule has 0 atom stereocenters. The number of nitrogens with one attached hydrogen (secondary N) is 1. The summed E-state index contributed by atoms with van der Waals surface area (Å²) in [7, 11) is -4.12. The van der Waals surface area contributed by atoms with Crippen molar-refractivity contribution in [2.24, 2.45) is 0 Å². The van der Waals surface area contributed by atoms with E-state index in [4.69, 9.17) is 18.7 Å². The Morgan fingerprint density at radius 3 is 2.11 bits per heavy atom. The van der Waals surface area contributed by atoms with Crippen molar-refractivity contribution in [1.82, 2.24) is 24.7 Å². The number of phosphoric acid groups is 1. The van der Waals surface area contributed by atoms with E-state index in [1.165, 1.54) is 6.07 Å². The van der Waals surface area contributed by atoms with Gasteiger partial charge in [-0.15, -0.1) is 0 Å². The summed E-state index contributed by atoms with van der Waals surface area (Å²) in [6.07, 6.45) is 0.494. The fourth-order valence-corrected chi connectivity index (χ4v) is 8.38. The number of rotatable bonds is 10. The maximum absolute atomic E-state index is 17.0. The Morgan fingerprint density at radius 2 is 1.55 bits per heavy atom. The largest absolute Gasteiger partial charge is 0.476 e. The molecular formula is C38H45F4N6O4P. The summed E-state index contributed by atoms with van der Waals surface area (Å²) < 4.78 is 90.1. The minimum Gasteiger partial charge on any atom is -0.361 e. The second-order valence-corrected chi connectivity index (χ2v) is 16.6.